The van der Waals surface area contributed by atoms with Crippen LogP contribution < -0.4 is 16.6 Å². The second kappa shape index (κ2) is 7.44. The van der Waals surface area contributed by atoms with Gasteiger partial charge in [-0.2, -0.15) is 5.43 Å². The number of aliphatic hydroxyl groups is 5. The Morgan fingerprint density at radius 1 is 1.23 bits per heavy atom. The molecule has 220 valence electrons. The first-order valence-corrected chi connectivity index (χ1v) is 13.2. The lowest BCUT2D eigenvalue weighted by Gasteiger charge is -2.75. The topological polar surface area (TPSA) is 229 Å². The zero-order chi connectivity index (χ0) is 29.5. The van der Waals surface area contributed by atoms with E-state index in [0.717, 1.165) is 0 Å². The molecule has 14 nitrogen and oxygen atoms in total. The summed E-state index contributed by atoms with van der Waals surface area (Å²) in [5, 5.41) is 62.5. The highest BCUT2D eigenvalue weighted by atomic mass is 16.8. The maximum absolute atomic E-state index is 13.3. The molecule has 2 amide bonds. The van der Waals surface area contributed by atoms with Crippen LogP contribution in [-0.2, 0) is 14.2 Å². The van der Waals surface area contributed by atoms with Crippen LogP contribution in [-0.4, -0.2) is 88.8 Å². The van der Waals surface area contributed by atoms with Crippen LogP contribution in [0.15, 0.2) is 30.5 Å². The third-order valence-corrected chi connectivity index (χ3v) is 11.0. The fourth-order valence-corrected chi connectivity index (χ4v) is 8.93. The number of aromatic amines is 1. The van der Waals surface area contributed by atoms with Crippen molar-refractivity contribution in [2.75, 3.05) is 0 Å². The molecule has 4 saturated heterocycles. The molecule has 5 aliphatic rings. The first kappa shape index (κ1) is 27.6. The highest BCUT2D eigenvalue weighted by Gasteiger charge is 3.04. The fourth-order valence-electron chi connectivity index (χ4n) is 8.93. The number of aromatic nitrogens is 1. The van der Waals surface area contributed by atoms with Crippen molar-refractivity contribution in [2.45, 2.75) is 93.3 Å². The van der Waals surface area contributed by atoms with Gasteiger partial charge in [0.15, 0.2) is 23.2 Å². The molecular formula is C26H36N4O10. The van der Waals surface area contributed by atoms with Crippen molar-refractivity contribution in [3.05, 3.63) is 36.2 Å². The van der Waals surface area contributed by atoms with E-state index in [2.05, 4.69) is 22.4 Å². The van der Waals surface area contributed by atoms with E-state index in [0.29, 0.717) is 0 Å². The Hall–Kier alpha value is -2.56. The van der Waals surface area contributed by atoms with E-state index >= 15 is 0 Å². The smallest absolute Gasteiger partial charge is 0.355 e. The summed E-state index contributed by atoms with van der Waals surface area (Å²) in [6, 6.07) is 1.88. The summed E-state index contributed by atoms with van der Waals surface area (Å²) in [6.45, 7) is 9.88. The number of hydrogen-bond acceptors (Lipinski definition) is 11. The molecule has 10 atom stereocenters. The lowest BCUT2D eigenvalue weighted by Crippen LogP contribution is -2.97. The van der Waals surface area contributed by atoms with E-state index in [1.165, 1.54) is 26.1 Å². The molecule has 1 aromatic heterocycles. The molecule has 1 aliphatic carbocycles. The van der Waals surface area contributed by atoms with Crippen LogP contribution in [0.5, 0.6) is 0 Å². The van der Waals surface area contributed by atoms with Crippen LogP contribution in [0, 0.1) is 16.7 Å². The van der Waals surface area contributed by atoms with Crippen molar-refractivity contribution in [3.8, 4) is 0 Å². The van der Waals surface area contributed by atoms with Gasteiger partial charge in [-0.25, -0.2) is 9.59 Å². The molecule has 4 aliphatic heterocycles. The standard InChI is InChI=1S/C26H36N4O10/c1-12(2)23(36)17(38-16(32)14-7-6-10-28-14)25(37)19(4)11-22(35)20(23,5)26(40-25,30-29-18(27)33)24(39-22)15(31)13(3)8-9-21(19,24)34/h6-7,10,12,15,17,28,30-31,34-37H,3,8-9,11H2,1-2,4-5H3,(H3,27,29,33)/t15-,17-,19+,20+,21+,22+,23-,24-,25+,26-/m1/s1. The van der Waals surface area contributed by atoms with Gasteiger partial charge in [-0.05, 0) is 43.4 Å². The highest BCUT2D eigenvalue weighted by molar-refractivity contribution is 5.87. The summed E-state index contributed by atoms with van der Waals surface area (Å²) >= 11 is 0. The molecule has 0 radical (unpaired) electrons. The average molecular weight is 565 g/mol. The first-order chi connectivity index (χ1) is 18.4. The monoisotopic (exact) mass is 564 g/mol. The summed E-state index contributed by atoms with van der Waals surface area (Å²) in [7, 11) is 0. The number of amides is 2. The summed E-state index contributed by atoms with van der Waals surface area (Å²) in [4.78, 5) is 28.1. The number of nitrogens with one attached hydrogen (secondary N) is 3. The molecule has 14 heteroatoms. The maximum Gasteiger partial charge on any atom is 0.355 e. The Balaban J connectivity index is 1.71. The Bertz CT molecular complexity index is 1320. The number of esters is 1. The molecule has 1 aromatic rings. The lowest BCUT2D eigenvalue weighted by atomic mass is 9.43. The molecule has 10 N–H and O–H groups in total. The second-order valence-corrected chi connectivity index (χ2v) is 12.6. The molecule has 40 heavy (non-hydrogen) atoms. The van der Waals surface area contributed by atoms with Crippen molar-refractivity contribution in [1.29, 1.82) is 0 Å². The first-order valence-electron chi connectivity index (χ1n) is 13.2. The SMILES string of the molecule is C=C1CC[C@]2(O)[C@]3(C)C[C@]4(O)O[C@@]2([C@@H]1O)[C@]1(NNC(N)=O)O[C@@]3(O)[C@H](OC(=O)c2ccc[nH]2)[C@](O)(C(C)C)[C@@]14C. The zero-order valence-electron chi connectivity index (χ0n) is 22.6. The number of H-pyrrole nitrogens is 1. The summed E-state index contributed by atoms with van der Waals surface area (Å²) in [5.74, 6) is -7.02. The molecule has 1 saturated carbocycles. The van der Waals surface area contributed by atoms with Crippen LogP contribution in [0.4, 0.5) is 4.79 Å². The maximum atomic E-state index is 13.3. The van der Waals surface area contributed by atoms with Crippen molar-refractivity contribution >= 4 is 12.0 Å². The van der Waals surface area contributed by atoms with Gasteiger partial charge in [-0.15, -0.1) is 0 Å². The van der Waals surface area contributed by atoms with E-state index in [4.69, 9.17) is 19.9 Å². The van der Waals surface area contributed by atoms with Crippen molar-refractivity contribution in [1.82, 2.24) is 15.8 Å². The number of carbonyl (C=O) groups excluding carboxylic acids is 2. The number of primary amides is 1. The number of urea groups is 1. The molecule has 6 rings (SSSR count). The number of hydrazine groups is 1. The average Bonchev–Trinajstić information content (AvgIpc) is 3.44. The third kappa shape index (κ3) is 2.36. The van der Waals surface area contributed by atoms with E-state index < -0.39 is 81.5 Å². The Morgan fingerprint density at radius 2 is 1.90 bits per heavy atom. The van der Waals surface area contributed by atoms with E-state index in [1.54, 1.807) is 19.9 Å². The number of ether oxygens (including phenoxy) is 3. The van der Waals surface area contributed by atoms with E-state index in [9.17, 15) is 35.1 Å². The number of fused-ring (bicyclic) bond motifs is 4. The summed E-state index contributed by atoms with van der Waals surface area (Å²) in [5.41, 5.74) is -3.12. The van der Waals surface area contributed by atoms with Gasteiger partial charge in [0.1, 0.15) is 28.4 Å². The number of aliphatic hydroxyl groups excluding tert-OH is 1. The van der Waals surface area contributed by atoms with Crippen molar-refractivity contribution in [3.63, 3.8) is 0 Å². The van der Waals surface area contributed by atoms with Crippen molar-refractivity contribution in [2.24, 2.45) is 22.5 Å². The molecular weight excluding hydrogens is 528 g/mol. The van der Waals surface area contributed by atoms with E-state index in [-0.39, 0.29) is 24.1 Å². The number of rotatable bonds is 5. The highest BCUT2D eigenvalue weighted by Crippen LogP contribution is 2.84. The van der Waals surface area contributed by atoms with Crippen LogP contribution in [0.1, 0.15) is 57.4 Å². The van der Waals surface area contributed by atoms with Gasteiger partial charge in [0.25, 0.3) is 0 Å². The van der Waals surface area contributed by atoms with Crippen LogP contribution >= 0.6 is 0 Å². The van der Waals surface area contributed by atoms with Crippen LogP contribution in [0.3, 0.4) is 0 Å². The molecule has 5 fully saturated rings. The normalized spacial score (nSPS) is 52.1. The number of hydrogen-bond donors (Lipinski definition) is 9. The largest absolute Gasteiger partial charge is 0.449 e. The molecule has 0 aromatic carbocycles. The predicted octanol–water partition coefficient (Wildman–Crippen LogP) is -1.16. The fraction of sp³-hybridized carbons (Fsp3) is 0.692. The number of carbonyl (C=O) groups is 2. The van der Waals surface area contributed by atoms with Gasteiger partial charge < -0.3 is 50.5 Å². The quantitative estimate of drug-likeness (QED) is 0.118. The summed E-state index contributed by atoms with van der Waals surface area (Å²) < 4.78 is 18.7. The van der Waals surface area contributed by atoms with Crippen LogP contribution in [0.2, 0.25) is 0 Å². The lowest BCUT2D eigenvalue weighted by molar-refractivity contribution is -0.522. The minimum atomic E-state index is -2.73. The second-order valence-electron chi connectivity index (χ2n) is 12.6. The minimum Gasteiger partial charge on any atom is -0.449 e. The Morgan fingerprint density at radius 3 is 2.48 bits per heavy atom. The molecule has 1 spiro atoms. The molecule has 0 unspecified atom stereocenters. The Labute approximate surface area is 229 Å². The van der Waals surface area contributed by atoms with Gasteiger partial charge in [0, 0.05) is 12.6 Å². The van der Waals surface area contributed by atoms with Crippen LogP contribution in [0.25, 0.3) is 0 Å². The van der Waals surface area contributed by atoms with E-state index in [1.807, 2.05) is 0 Å². The minimum absolute atomic E-state index is 0.0114. The Kier molecular flexibility index (Phi) is 5.13. The summed E-state index contributed by atoms with van der Waals surface area (Å²) in [6.07, 6.45) is -2.70. The van der Waals surface area contributed by atoms with Gasteiger partial charge in [-0.1, -0.05) is 27.4 Å². The molecule has 5 heterocycles. The number of nitrogens with two attached hydrogens (primary N) is 1. The van der Waals surface area contributed by atoms with Gasteiger partial charge in [0.2, 0.25) is 5.79 Å². The van der Waals surface area contributed by atoms with Crippen molar-refractivity contribution < 1.29 is 49.3 Å². The third-order valence-electron chi connectivity index (χ3n) is 11.0. The zero-order valence-corrected chi connectivity index (χ0v) is 22.6. The van der Waals surface area contributed by atoms with Gasteiger partial charge >= 0.3 is 12.0 Å². The van der Waals surface area contributed by atoms with Gasteiger partial charge in [0.05, 0.1) is 5.41 Å². The molecule has 5 bridgehead atoms. The predicted molar refractivity (Wildman–Crippen MR) is 133 cm³/mol. The van der Waals surface area contributed by atoms with Gasteiger partial charge in [-0.3, -0.25) is 5.43 Å².